The zero-order chi connectivity index (χ0) is 11.6. The van der Waals surface area contributed by atoms with Crippen molar-refractivity contribution >= 4 is 5.69 Å². The van der Waals surface area contributed by atoms with Crippen LogP contribution in [0.25, 0.3) is 0 Å². The number of anilines is 1. The lowest BCUT2D eigenvalue weighted by molar-refractivity contribution is 0.536. The van der Waals surface area contributed by atoms with Crippen molar-refractivity contribution in [3.05, 3.63) is 29.3 Å². The van der Waals surface area contributed by atoms with E-state index in [2.05, 4.69) is 52.8 Å². The van der Waals surface area contributed by atoms with Gasteiger partial charge in [0.2, 0.25) is 0 Å². The van der Waals surface area contributed by atoms with Gasteiger partial charge in [-0.3, -0.25) is 0 Å². The van der Waals surface area contributed by atoms with Crippen LogP contribution in [-0.2, 0) is 0 Å². The van der Waals surface area contributed by atoms with Crippen LogP contribution in [0.1, 0.15) is 57.6 Å². The Hall–Kier alpha value is -0.980. The number of hydrogen-bond acceptors (Lipinski definition) is 1. The fraction of sp³-hybridized carbons (Fsp3) is 0.571. The lowest BCUT2D eigenvalue weighted by Crippen LogP contribution is -2.08. The molecule has 1 aromatic rings. The molecule has 0 radical (unpaired) electrons. The first kappa shape index (κ1) is 12.1. The van der Waals surface area contributed by atoms with Crippen LogP contribution >= 0.6 is 0 Å². The normalized spacial score (nSPS) is 13.5. The van der Waals surface area contributed by atoms with Crippen molar-refractivity contribution in [2.24, 2.45) is 5.92 Å². The highest BCUT2D eigenvalue weighted by molar-refractivity contribution is 5.56. The smallest absolute Gasteiger partial charge is 0.0384 e. The lowest BCUT2D eigenvalue weighted by Gasteiger charge is -2.21. The van der Waals surface area contributed by atoms with E-state index >= 15 is 0 Å². The van der Waals surface area contributed by atoms with E-state index in [0.29, 0.717) is 17.8 Å². The minimum Gasteiger partial charge on any atom is -0.398 e. The summed E-state index contributed by atoms with van der Waals surface area (Å²) in [5.74, 6) is 1.67. The number of rotatable bonds is 3. The molecule has 0 saturated carbocycles. The van der Waals surface area contributed by atoms with Crippen molar-refractivity contribution in [3.63, 3.8) is 0 Å². The molecule has 1 unspecified atom stereocenters. The summed E-state index contributed by atoms with van der Waals surface area (Å²) >= 11 is 0. The first-order valence-corrected chi connectivity index (χ1v) is 5.83. The number of benzene rings is 1. The van der Waals surface area contributed by atoms with Gasteiger partial charge in [-0.2, -0.15) is 0 Å². The van der Waals surface area contributed by atoms with E-state index in [-0.39, 0.29) is 0 Å². The maximum Gasteiger partial charge on any atom is 0.0384 e. The summed E-state index contributed by atoms with van der Waals surface area (Å²) in [7, 11) is 0. The SMILES string of the molecule is CC(C)c1cccc(C(C)C(C)C)c1N. The molecule has 0 bridgehead atoms. The van der Waals surface area contributed by atoms with Crippen molar-refractivity contribution in [3.8, 4) is 0 Å². The first-order chi connectivity index (χ1) is 6.95. The largest absolute Gasteiger partial charge is 0.398 e. The molecular formula is C14H23N. The molecule has 1 atom stereocenters. The zero-order valence-corrected chi connectivity index (χ0v) is 10.5. The first-order valence-electron chi connectivity index (χ1n) is 5.83. The van der Waals surface area contributed by atoms with Gasteiger partial charge in [0, 0.05) is 5.69 Å². The molecule has 0 saturated heterocycles. The minimum absolute atomic E-state index is 0.504. The number of nitrogen functional groups attached to an aromatic ring is 1. The number of para-hydroxylation sites is 1. The maximum atomic E-state index is 6.22. The van der Waals surface area contributed by atoms with Gasteiger partial charge in [-0.15, -0.1) is 0 Å². The highest BCUT2D eigenvalue weighted by atomic mass is 14.6. The summed E-state index contributed by atoms with van der Waals surface area (Å²) in [5.41, 5.74) is 9.80. The third-order valence-corrected chi connectivity index (χ3v) is 3.29. The van der Waals surface area contributed by atoms with E-state index in [1.807, 2.05) is 0 Å². The third kappa shape index (κ3) is 2.53. The molecule has 1 aromatic carbocycles. The van der Waals surface area contributed by atoms with E-state index in [1.165, 1.54) is 11.1 Å². The monoisotopic (exact) mass is 205 g/mol. The fourth-order valence-corrected chi connectivity index (χ4v) is 1.86. The second-order valence-electron chi connectivity index (χ2n) is 5.04. The van der Waals surface area contributed by atoms with E-state index in [4.69, 9.17) is 5.73 Å². The summed E-state index contributed by atoms with van der Waals surface area (Å²) in [6, 6.07) is 6.42. The second-order valence-corrected chi connectivity index (χ2v) is 5.04. The highest BCUT2D eigenvalue weighted by Gasteiger charge is 2.15. The summed E-state index contributed by atoms with van der Waals surface area (Å²) in [4.78, 5) is 0. The molecule has 0 aliphatic carbocycles. The molecule has 84 valence electrons. The molecule has 0 amide bonds. The standard InChI is InChI=1S/C14H23N/c1-9(2)11(5)13-8-6-7-12(10(3)4)14(13)15/h6-11H,15H2,1-5H3. The van der Waals surface area contributed by atoms with Crippen molar-refractivity contribution < 1.29 is 0 Å². The molecule has 15 heavy (non-hydrogen) atoms. The number of hydrogen-bond donors (Lipinski definition) is 1. The summed E-state index contributed by atoms with van der Waals surface area (Å²) in [6.45, 7) is 11.1. The Balaban J connectivity index is 3.15. The van der Waals surface area contributed by atoms with Crippen LogP contribution in [0.2, 0.25) is 0 Å². The van der Waals surface area contributed by atoms with Crippen molar-refractivity contribution in [2.75, 3.05) is 5.73 Å². The van der Waals surface area contributed by atoms with Gasteiger partial charge in [-0.05, 0) is 28.9 Å². The van der Waals surface area contributed by atoms with Crippen LogP contribution in [0.5, 0.6) is 0 Å². The van der Waals surface area contributed by atoms with Crippen molar-refractivity contribution in [2.45, 2.75) is 46.5 Å². The summed E-state index contributed by atoms with van der Waals surface area (Å²) in [5, 5.41) is 0. The molecule has 0 heterocycles. The Bertz CT molecular complexity index is 326. The van der Waals surface area contributed by atoms with E-state index in [0.717, 1.165) is 5.69 Å². The average molecular weight is 205 g/mol. The Morgan fingerprint density at radius 3 is 1.93 bits per heavy atom. The zero-order valence-electron chi connectivity index (χ0n) is 10.5. The Morgan fingerprint density at radius 1 is 0.933 bits per heavy atom. The van der Waals surface area contributed by atoms with E-state index in [9.17, 15) is 0 Å². The maximum absolute atomic E-state index is 6.22. The Labute approximate surface area is 93.7 Å². The molecule has 0 aliphatic heterocycles. The van der Waals surface area contributed by atoms with Crippen molar-refractivity contribution in [1.82, 2.24) is 0 Å². The lowest BCUT2D eigenvalue weighted by atomic mass is 9.86. The van der Waals surface area contributed by atoms with Gasteiger partial charge in [0.1, 0.15) is 0 Å². The topological polar surface area (TPSA) is 26.0 Å². The van der Waals surface area contributed by atoms with E-state index in [1.54, 1.807) is 0 Å². The average Bonchev–Trinajstić information content (AvgIpc) is 2.16. The van der Waals surface area contributed by atoms with Gasteiger partial charge < -0.3 is 5.73 Å². The number of nitrogens with two attached hydrogens (primary N) is 1. The van der Waals surface area contributed by atoms with E-state index < -0.39 is 0 Å². The molecule has 1 rings (SSSR count). The molecule has 0 aliphatic rings. The molecule has 0 aromatic heterocycles. The van der Waals surface area contributed by atoms with Gasteiger partial charge in [0.05, 0.1) is 0 Å². The predicted octanol–water partition coefficient (Wildman–Crippen LogP) is 4.15. The third-order valence-electron chi connectivity index (χ3n) is 3.29. The molecule has 1 heteroatoms. The molecule has 0 fully saturated rings. The van der Waals surface area contributed by atoms with Gasteiger partial charge >= 0.3 is 0 Å². The van der Waals surface area contributed by atoms with Crippen LogP contribution in [0.4, 0.5) is 5.69 Å². The quantitative estimate of drug-likeness (QED) is 0.737. The highest BCUT2D eigenvalue weighted by Crippen LogP contribution is 2.33. The van der Waals surface area contributed by atoms with Gasteiger partial charge in [-0.1, -0.05) is 52.8 Å². The summed E-state index contributed by atoms with van der Waals surface area (Å²) in [6.07, 6.45) is 0. The predicted molar refractivity (Wildman–Crippen MR) is 68.2 cm³/mol. The van der Waals surface area contributed by atoms with Crippen LogP contribution < -0.4 is 5.73 Å². The van der Waals surface area contributed by atoms with Crippen LogP contribution in [0.15, 0.2) is 18.2 Å². The molecule has 1 nitrogen and oxygen atoms in total. The summed E-state index contributed by atoms with van der Waals surface area (Å²) < 4.78 is 0. The van der Waals surface area contributed by atoms with Gasteiger partial charge in [0.15, 0.2) is 0 Å². The molecular weight excluding hydrogens is 182 g/mol. The van der Waals surface area contributed by atoms with Crippen LogP contribution in [-0.4, -0.2) is 0 Å². The van der Waals surface area contributed by atoms with Crippen LogP contribution in [0, 0.1) is 5.92 Å². The van der Waals surface area contributed by atoms with Gasteiger partial charge in [-0.25, -0.2) is 0 Å². The minimum atomic E-state index is 0.504. The Morgan fingerprint density at radius 2 is 1.47 bits per heavy atom. The molecule has 0 spiro atoms. The van der Waals surface area contributed by atoms with Crippen molar-refractivity contribution in [1.29, 1.82) is 0 Å². The Kier molecular flexibility index (Phi) is 3.78. The fourth-order valence-electron chi connectivity index (χ4n) is 1.86. The second kappa shape index (κ2) is 4.69. The molecule has 2 N–H and O–H groups in total. The van der Waals surface area contributed by atoms with Gasteiger partial charge in [0.25, 0.3) is 0 Å². The van der Waals surface area contributed by atoms with Crippen LogP contribution in [0.3, 0.4) is 0 Å².